The van der Waals surface area contributed by atoms with E-state index in [1.165, 1.54) is 0 Å². The first-order valence-corrected chi connectivity index (χ1v) is 4.18. The second-order valence-corrected chi connectivity index (χ2v) is 4.32. The fourth-order valence-electron chi connectivity index (χ4n) is 0.488. The second kappa shape index (κ2) is 1.89. The summed E-state index contributed by atoms with van der Waals surface area (Å²) in [6.45, 7) is 0.288. The molecule has 0 bridgehead atoms. The van der Waals surface area contributed by atoms with Crippen molar-refractivity contribution in [2.75, 3.05) is 6.61 Å². The smallest absolute Gasteiger partial charge is 0.269 e. The molecule has 1 aliphatic rings. The minimum atomic E-state index is -3.26. The molecular formula is C3H6O3S2. The zero-order valence-corrected chi connectivity index (χ0v) is 5.78. The molecule has 0 amide bonds. The molecule has 0 aromatic rings. The van der Waals surface area contributed by atoms with Crippen LogP contribution in [-0.4, -0.2) is 19.6 Å². The molecule has 5 heteroatoms. The van der Waals surface area contributed by atoms with Crippen molar-refractivity contribution in [1.29, 1.82) is 0 Å². The van der Waals surface area contributed by atoms with Crippen LogP contribution >= 0.6 is 12.6 Å². The summed E-state index contributed by atoms with van der Waals surface area (Å²) in [6.07, 6.45) is 0.505. The molecule has 0 radical (unpaired) electrons. The highest BCUT2D eigenvalue weighted by Crippen LogP contribution is 2.19. The average molecular weight is 154 g/mol. The monoisotopic (exact) mass is 154 g/mol. The fourth-order valence-corrected chi connectivity index (χ4v) is 1.65. The van der Waals surface area contributed by atoms with Gasteiger partial charge in [0.25, 0.3) is 10.1 Å². The predicted molar refractivity (Wildman–Crippen MR) is 32.3 cm³/mol. The lowest BCUT2D eigenvalue weighted by molar-refractivity contribution is 0.354. The van der Waals surface area contributed by atoms with Crippen LogP contribution in [0.4, 0.5) is 0 Å². The first-order valence-electron chi connectivity index (χ1n) is 2.19. The second-order valence-electron chi connectivity index (χ2n) is 1.56. The quantitative estimate of drug-likeness (QED) is 0.394. The van der Waals surface area contributed by atoms with Crippen molar-refractivity contribution in [3.05, 3.63) is 0 Å². The largest absolute Gasteiger partial charge is 0.279 e. The van der Waals surface area contributed by atoms with E-state index in [1.807, 2.05) is 0 Å². The maximum absolute atomic E-state index is 10.5. The molecule has 1 aliphatic heterocycles. The van der Waals surface area contributed by atoms with E-state index >= 15 is 0 Å². The van der Waals surface area contributed by atoms with E-state index in [4.69, 9.17) is 0 Å². The summed E-state index contributed by atoms with van der Waals surface area (Å²) in [7, 11) is -3.26. The molecule has 0 aromatic heterocycles. The first-order chi connectivity index (χ1) is 3.63. The van der Waals surface area contributed by atoms with Crippen molar-refractivity contribution in [2.24, 2.45) is 0 Å². The van der Waals surface area contributed by atoms with Gasteiger partial charge in [-0.05, 0) is 0 Å². The zero-order valence-electron chi connectivity index (χ0n) is 4.07. The molecule has 0 spiro atoms. The van der Waals surface area contributed by atoms with Crippen LogP contribution < -0.4 is 0 Å². The Kier molecular flexibility index (Phi) is 1.51. The van der Waals surface area contributed by atoms with Gasteiger partial charge in [-0.25, -0.2) is 0 Å². The summed E-state index contributed by atoms with van der Waals surface area (Å²) >= 11 is 3.76. The van der Waals surface area contributed by atoms with E-state index < -0.39 is 14.7 Å². The Balaban J connectivity index is 2.85. The van der Waals surface area contributed by atoms with Gasteiger partial charge in [0.05, 0.1) is 6.61 Å². The minimum absolute atomic E-state index is 0.288. The summed E-state index contributed by atoms with van der Waals surface area (Å²) in [4.78, 5) is 0. The molecule has 48 valence electrons. The van der Waals surface area contributed by atoms with Crippen molar-refractivity contribution >= 4 is 22.7 Å². The number of rotatable bonds is 0. The maximum atomic E-state index is 10.5. The molecule has 1 unspecified atom stereocenters. The van der Waals surface area contributed by atoms with Crippen LogP contribution in [0.1, 0.15) is 6.42 Å². The van der Waals surface area contributed by atoms with E-state index in [9.17, 15) is 8.42 Å². The molecular weight excluding hydrogens is 148 g/mol. The Bertz CT molecular complexity index is 171. The molecule has 0 N–H and O–H groups in total. The van der Waals surface area contributed by atoms with Gasteiger partial charge in [0.15, 0.2) is 0 Å². The first kappa shape index (κ1) is 6.38. The lowest BCUT2D eigenvalue weighted by Gasteiger charge is -1.93. The van der Waals surface area contributed by atoms with Gasteiger partial charge in [-0.2, -0.15) is 21.0 Å². The lowest BCUT2D eigenvalue weighted by Crippen LogP contribution is -2.06. The van der Waals surface area contributed by atoms with Gasteiger partial charge < -0.3 is 0 Å². The molecule has 1 fully saturated rings. The van der Waals surface area contributed by atoms with Crippen LogP contribution in [0.25, 0.3) is 0 Å². The lowest BCUT2D eigenvalue weighted by atomic mass is 10.5. The Morgan fingerprint density at radius 1 is 1.62 bits per heavy atom. The van der Waals surface area contributed by atoms with Crippen LogP contribution in [0.2, 0.25) is 0 Å². The van der Waals surface area contributed by atoms with Gasteiger partial charge in [0.2, 0.25) is 0 Å². The third-order valence-electron chi connectivity index (χ3n) is 0.946. The van der Waals surface area contributed by atoms with Crippen molar-refractivity contribution in [2.45, 2.75) is 11.0 Å². The van der Waals surface area contributed by atoms with Crippen molar-refractivity contribution < 1.29 is 12.6 Å². The zero-order chi connectivity index (χ0) is 6.20. The van der Waals surface area contributed by atoms with Crippen LogP contribution in [0.15, 0.2) is 0 Å². The fraction of sp³-hybridized carbons (Fsp3) is 1.00. The van der Waals surface area contributed by atoms with E-state index in [0.29, 0.717) is 6.42 Å². The molecule has 8 heavy (non-hydrogen) atoms. The molecule has 1 rings (SSSR count). The number of hydrogen-bond donors (Lipinski definition) is 1. The van der Waals surface area contributed by atoms with E-state index in [2.05, 4.69) is 16.8 Å². The summed E-state index contributed by atoms with van der Waals surface area (Å²) < 4.78 is 24.7. The van der Waals surface area contributed by atoms with Gasteiger partial charge in [0.1, 0.15) is 4.58 Å². The Labute approximate surface area is 53.6 Å². The van der Waals surface area contributed by atoms with E-state index in [0.717, 1.165) is 0 Å². The number of hydrogen-bond acceptors (Lipinski definition) is 4. The number of thiol groups is 1. The van der Waals surface area contributed by atoms with Crippen molar-refractivity contribution in [3.63, 3.8) is 0 Å². The highest BCUT2D eigenvalue weighted by molar-refractivity contribution is 8.02. The third kappa shape index (κ3) is 0.985. The summed E-state index contributed by atoms with van der Waals surface area (Å²) in [5.74, 6) is 0. The van der Waals surface area contributed by atoms with Crippen molar-refractivity contribution in [1.82, 2.24) is 0 Å². The SMILES string of the molecule is O=S1(=O)OCCC1S. The van der Waals surface area contributed by atoms with Crippen LogP contribution in [0.5, 0.6) is 0 Å². The minimum Gasteiger partial charge on any atom is -0.269 e. The summed E-state index contributed by atoms with van der Waals surface area (Å²) in [5.41, 5.74) is 0. The Morgan fingerprint density at radius 2 is 2.25 bits per heavy atom. The van der Waals surface area contributed by atoms with Gasteiger partial charge in [-0.15, -0.1) is 0 Å². The van der Waals surface area contributed by atoms with Crippen LogP contribution in [0, 0.1) is 0 Å². The molecule has 3 nitrogen and oxygen atoms in total. The molecule has 0 aliphatic carbocycles. The van der Waals surface area contributed by atoms with E-state index in [1.54, 1.807) is 0 Å². The summed E-state index contributed by atoms with van der Waals surface area (Å²) in [5, 5.41) is 0. The normalized spacial score (nSPS) is 35.4. The molecule has 1 saturated heterocycles. The molecule has 0 saturated carbocycles. The maximum Gasteiger partial charge on any atom is 0.279 e. The van der Waals surface area contributed by atoms with Gasteiger partial charge in [-0.1, -0.05) is 0 Å². The molecule has 1 atom stereocenters. The topological polar surface area (TPSA) is 43.4 Å². The van der Waals surface area contributed by atoms with E-state index in [-0.39, 0.29) is 6.61 Å². The highest BCUT2D eigenvalue weighted by atomic mass is 32.3. The molecule has 1 heterocycles. The van der Waals surface area contributed by atoms with Crippen molar-refractivity contribution in [3.8, 4) is 0 Å². The highest BCUT2D eigenvalue weighted by Gasteiger charge is 2.28. The molecule has 0 aromatic carbocycles. The van der Waals surface area contributed by atoms with Crippen LogP contribution in [0.3, 0.4) is 0 Å². The predicted octanol–water partition coefficient (Wildman–Crippen LogP) is -0.00760. The Morgan fingerprint density at radius 3 is 2.38 bits per heavy atom. The average Bonchev–Trinajstić information content (AvgIpc) is 1.86. The standard InChI is InChI=1S/C3H6O3S2/c4-8(5)3(7)1-2-6-8/h3,7H,1-2H2. The van der Waals surface area contributed by atoms with Gasteiger partial charge in [-0.3, -0.25) is 4.18 Å². The van der Waals surface area contributed by atoms with Gasteiger partial charge >= 0.3 is 0 Å². The Hall–Kier alpha value is 0.260. The van der Waals surface area contributed by atoms with Crippen LogP contribution in [-0.2, 0) is 14.3 Å². The summed E-state index contributed by atoms with van der Waals surface area (Å²) in [6, 6.07) is 0. The van der Waals surface area contributed by atoms with Gasteiger partial charge in [0, 0.05) is 6.42 Å². The third-order valence-corrected chi connectivity index (χ3v) is 3.38.